The molecule has 88 valence electrons. The van der Waals surface area contributed by atoms with Crippen molar-refractivity contribution in [3.05, 3.63) is 23.8 Å². The number of fused-ring (bicyclic) bond motifs is 1. The summed E-state index contributed by atoms with van der Waals surface area (Å²) in [7, 11) is 2.00. The summed E-state index contributed by atoms with van der Waals surface area (Å²) in [5, 5.41) is 0. The minimum absolute atomic E-state index is 0.560. The third kappa shape index (κ3) is 2.80. The van der Waals surface area contributed by atoms with Crippen LogP contribution in [0.25, 0.3) is 0 Å². The van der Waals surface area contributed by atoms with E-state index >= 15 is 0 Å². The van der Waals surface area contributed by atoms with Crippen molar-refractivity contribution in [2.45, 2.75) is 6.42 Å². The van der Waals surface area contributed by atoms with E-state index in [0.717, 1.165) is 24.5 Å². The summed E-state index contributed by atoms with van der Waals surface area (Å²) in [5.41, 5.74) is 1.25. The van der Waals surface area contributed by atoms with Crippen molar-refractivity contribution in [3.8, 4) is 11.5 Å². The van der Waals surface area contributed by atoms with Crippen LogP contribution in [0.1, 0.15) is 5.56 Å². The van der Waals surface area contributed by atoms with Gasteiger partial charge in [0.15, 0.2) is 11.5 Å². The highest BCUT2D eigenvalue weighted by Gasteiger charge is 2.11. The maximum absolute atomic E-state index is 5.71. The Labute approximate surface area is 101 Å². The van der Waals surface area contributed by atoms with E-state index in [2.05, 4.69) is 17.0 Å². The molecule has 1 aromatic rings. The molecule has 1 heterocycles. The zero-order chi connectivity index (χ0) is 11.4. The van der Waals surface area contributed by atoms with Crippen LogP contribution in [-0.2, 0) is 6.42 Å². The SMILES string of the molecule is CN(CCl)CCc1ccc2c(c1)OCCO2. The van der Waals surface area contributed by atoms with Gasteiger partial charge in [0, 0.05) is 6.54 Å². The molecule has 0 amide bonds. The van der Waals surface area contributed by atoms with Crippen LogP contribution in [0.2, 0.25) is 0 Å². The van der Waals surface area contributed by atoms with Crippen molar-refractivity contribution in [1.82, 2.24) is 4.90 Å². The van der Waals surface area contributed by atoms with Gasteiger partial charge in [0.25, 0.3) is 0 Å². The van der Waals surface area contributed by atoms with Crippen LogP contribution in [0, 0.1) is 0 Å². The monoisotopic (exact) mass is 241 g/mol. The lowest BCUT2D eigenvalue weighted by Gasteiger charge is -2.19. The number of alkyl halides is 1. The third-order valence-corrected chi connectivity index (χ3v) is 3.00. The molecule has 0 aromatic heterocycles. The van der Waals surface area contributed by atoms with E-state index in [4.69, 9.17) is 21.1 Å². The Kier molecular flexibility index (Phi) is 3.91. The lowest BCUT2D eigenvalue weighted by Crippen LogP contribution is -2.19. The van der Waals surface area contributed by atoms with Crippen LogP contribution < -0.4 is 9.47 Å². The highest BCUT2D eigenvalue weighted by Crippen LogP contribution is 2.30. The fourth-order valence-electron chi connectivity index (χ4n) is 1.62. The van der Waals surface area contributed by atoms with E-state index in [1.807, 2.05) is 13.1 Å². The van der Waals surface area contributed by atoms with Crippen LogP contribution in [0.3, 0.4) is 0 Å². The van der Waals surface area contributed by atoms with Gasteiger partial charge in [0.2, 0.25) is 0 Å². The molecule has 0 spiro atoms. The second kappa shape index (κ2) is 5.41. The Balaban J connectivity index is 2.00. The van der Waals surface area contributed by atoms with Gasteiger partial charge in [-0.1, -0.05) is 6.07 Å². The third-order valence-electron chi connectivity index (χ3n) is 2.59. The first-order valence-corrected chi connectivity index (χ1v) is 5.96. The Bertz CT molecular complexity index is 357. The van der Waals surface area contributed by atoms with Gasteiger partial charge in [-0.3, -0.25) is 4.90 Å². The van der Waals surface area contributed by atoms with Crippen molar-refractivity contribution in [2.24, 2.45) is 0 Å². The number of hydrogen-bond acceptors (Lipinski definition) is 3. The fraction of sp³-hybridized carbons (Fsp3) is 0.500. The Morgan fingerprint density at radius 2 is 2.00 bits per heavy atom. The number of ether oxygens (including phenoxy) is 2. The summed E-state index contributed by atoms with van der Waals surface area (Å²) < 4.78 is 11.0. The maximum atomic E-state index is 5.71. The van der Waals surface area contributed by atoms with Gasteiger partial charge in [-0.15, -0.1) is 11.6 Å². The lowest BCUT2D eigenvalue weighted by molar-refractivity contribution is 0.171. The van der Waals surface area contributed by atoms with Gasteiger partial charge in [-0.25, -0.2) is 0 Å². The number of rotatable bonds is 4. The molecule has 0 saturated carbocycles. The normalized spacial score (nSPS) is 14.2. The van der Waals surface area contributed by atoms with Gasteiger partial charge in [0.1, 0.15) is 13.2 Å². The van der Waals surface area contributed by atoms with Gasteiger partial charge in [-0.2, -0.15) is 0 Å². The van der Waals surface area contributed by atoms with E-state index < -0.39 is 0 Å². The number of benzene rings is 1. The number of likely N-dealkylation sites (N-methyl/N-ethyl adjacent to an activating group) is 1. The van der Waals surface area contributed by atoms with E-state index in [1.165, 1.54) is 5.56 Å². The molecule has 1 aromatic carbocycles. The van der Waals surface area contributed by atoms with Crippen LogP contribution in [-0.4, -0.2) is 37.7 Å². The molecule has 1 aliphatic heterocycles. The Morgan fingerprint density at radius 3 is 2.75 bits per heavy atom. The highest BCUT2D eigenvalue weighted by molar-refractivity contribution is 6.17. The van der Waals surface area contributed by atoms with Gasteiger partial charge < -0.3 is 9.47 Å². The van der Waals surface area contributed by atoms with Crippen LogP contribution in [0.15, 0.2) is 18.2 Å². The molecule has 1 aliphatic rings. The quantitative estimate of drug-likeness (QED) is 0.596. The van der Waals surface area contributed by atoms with Crippen molar-refractivity contribution < 1.29 is 9.47 Å². The van der Waals surface area contributed by atoms with Gasteiger partial charge >= 0.3 is 0 Å². The smallest absolute Gasteiger partial charge is 0.161 e. The molecule has 0 atom stereocenters. The van der Waals surface area contributed by atoms with Crippen LogP contribution in [0.5, 0.6) is 11.5 Å². The second-order valence-corrected chi connectivity index (χ2v) is 4.17. The van der Waals surface area contributed by atoms with Crippen molar-refractivity contribution in [2.75, 3.05) is 32.8 Å². The minimum Gasteiger partial charge on any atom is -0.486 e. The molecule has 0 aliphatic carbocycles. The topological polar surface area (TPSA) is 21.7 Å². The molecule has 0 N–H and O–H groups in total. The van der Waals surface area contributed by atoms with Crippen molar-refractivity contribution in [3.63, 3.8) is 0 Å². The summed E-state index contributed by atoms with van der Waals surface area (Å²) in [5.74, 6) is 1.71. The standard InChI is InChI=1S/C12H16ClNO2/c1-14(9-13)5-4-10-2-3-11-12(8-10)16-7-6-15-11/h2-3,8H,4-7,9H2,1H3. The van der Waals surface area contributed by atoms with E-state index in [-0.39, 0.29) is 0 Å². The summed E-state index contributed by atoms with van der Waals surface area (Å²) in [4.78, 5) is 2.07. The van der Waals surface area contributed by atoms with Crippen molar-refractivity contribution in [1.29, 1.82) is 0 Å². The predicted molar refractivity (Wildman–Crippen MR) is 64.5 cm³/mol. The average Bonchev–Trinajstić information content (AvgIpc) is 2.35. The van der Waals surface area contributed by atoms with Crippen LogP contribution >= 0.6 is 11.6 Å². The molecule has 3 nitrogen and oxygen atoms in total. The molecule has 0 radical (unpaired) electrons. The number of halogens is 1. The van der Waals surface area contributed by atoms with E-state index in [0.29, 0.717) is 19.2 Å². The molecule has 16 heavy (non-hydrogen) atoms. The molecule has 0 unspecified atom stereocenters. The summed E-state index contributed by atoms with van der Waals surface area (Å²) in [6.07, 6.45) is 0.972. The lowest BCUT2D eigenvalue weighted by atomic mass is 10.1. The minimum atomic E-state index is 0.560. The summed E-state index contributed by atoms with van der Waals surface area (Å²) >= 11 is 5.71. The van der Waals surface area contributed by atoms with Gasteiger partial charge in [0.05, 0.1) is 6.00 Å². The molecule has 0 bridgehead atoms. The average molecular weight is 242 g/mol. The molecule has 4 heteroatoms. The van der Waals surface area contributed by atoms with Gasteiger partial charge in [-0.05, 0) is 31.2 Å². The molecule has 0 saturated heterocycles. The number of nitrogens with zero attached hydrogens (tertiary/aromatic N) is 1. The molecular weight excluding hydrogens is 226 g/mol. The van der Waals surface area contributed by atoms with E-state index in [9.17, 15) is 0 Å². The van der Waals surface area contributed by atoms with Crippen LogP contribution in [0.4, 0.5) is 0 Å². The first-order chi connectivity index (χ1) is 7.79. The zero-order valence-corrected chi connectivity index (χ0v) is 10.2. The summed E-state index contributed by atoms with van der Waals surface area (Å²) in [6, 6.07) is 6.67. The summed E-state index contributed by atoms with van der Waals surface area (Å²) in [6.45, 7) is 2.22. The first kappa shape index (κ1) is 11.6. The van der Waals surface area contributed by atoms with E-state index in [1.54, 1.807) is 0 Å². The predicted octanol–water partition coefficient (Wildman–Crippen LogP) is 2.13. The number of hydrogen-bond donors (Lipinski definition) is 0. The zero-order valence-electron chi connectivity index (χ0n) is 9.41. The second-order valence-electron chi connectivity index (χ2n) is 3.93. The first-order valence-electron chi connectivity index (χ1n) is 5.42. The molecule has 0 fully saturated rings. The molecule has 2 rings (SSSR count). The fourth-order valence-corrected chi connectivity index (χ4v) is 1.74. The molecular formula is C12H16ClNO2. The Morgan fingerprint density at radius 1 is 1.25 bits per heavy atom. The largest absolute Gasteiger partial charge is 0.486 e. The maximum Gasteiger partial charge on any atom is 0.161 e. The Hall–Kier alpha value is -0.930. The van der Waals surface area contributed by atoms with Crippen molar-refractivity contribution >= 4 is 11.6 Å². The highest BCUT2D eigenvalue weighted by atomic mass is 35.5.